The lowest BCUT2D eigenvalue weighted by molar-refractivity contribution is 0.0784. The molecule has 0 unspecified atom stereocenters. The Kier molecular flexibility index (Phi) is 6.22. The van der Waals surface area contributed by atoms with E-state index in [-0.39, 0.29) is 28.7 Å². The van der Waals surface area contributed by atoms with E-state index in [9.17, 15) is 17.6 Å². The quantitative estimate of drug-likeness (QED) is 0.817. The van der Waals surface area contributed by atoms with E-state index in [1.54, 1.807) is 33.0 Å². The van der Waals surface area contributed by atoms with Gasteiger partial charge in [0, 0.05) is 19.2 Å². The van der Waals surface area contributed by atoms with Crippen molar-refractivity contribution in [2.24, 2.45) is 0 Å². The molecule has 2 aromatic carbocycles. The molecule has 0 saturated heterocycles. The van der Waals surface area contributed by atoms with Gasteiger partial charge in [-0.1, -0.05) is 6.07 Å². The number of hydrogen-bond acceptors (Lipinski definition) is 4. The highest BCUT2D eigenvalue weighted by Crippen LogP contribution is 2.23. The number of hydrogen-bond donors (Lipinski definition) is 1. The van der Waals surface area contributed by atoms with Crippen LogP contribution >= 0.6 is 0 Å². The first kappa shape index (κ1) is 20.9. The first-order chi connectivity index (χ1) is 12.6. The Bertz CT molecular complexity index is 974. The Morgan fingerprint density at radius 2 is 1.89 bits per heavy atom. The highest BCUT2D eigenvalue weighted by Gasteiger charge is 2.21. The SMILES string of the molecule is CNS(=O)(=O)c1cc(C(=O)N(C)Cc2ccc(OC)c(F)c2)cc(C)c1C. The predicted molar refractivity (Wildman–Crippen MR) is 101 cm³/mol. The molecule has 0 aliphatic rings. The largest absolute Gasteiger partial charge is 0.494 e. The standard InChI is InChI=1S/C19H23FN2O4S/c1-12-8-15(10-18(13(12)2)27(24,25)21-3)19(23)22(4)11-14-6-7-17(26-5)16(20)9-14/h6-10,21H,11H2,1-5H3. The highest BCUT2D eigenvalue weighted by atomic mass is 32.2. The van der Waals surface area contributed by atoms with E-state index in [1.807, 2.05) is 0 Å². The summed E-state index contributed by atoms with van der Waals surface area (Å²) in [4.78, 5) is 14.3. The summed E-state index contributed by atoms with van der Waals surface area (Å²) in [7, 11) is 0.587. The van der Waals surface area contributed by atoms with E-state index < -0.39 is 15.8 Å². The Hall–Kier alpha value is -2.45. The lowest BCUT2D eigenvalue weighted by atomic mass is 10.1. The first-order valence-electron chi connectivity index (χ1n) is 8.23. The Morgan fingerprint density at radius 3 is 2.44 bits per heavy atom. The van der Waals surface area contributed by atoms with Crippen molar-refractivity contribution in [2.45, 2.75) is 25.3 Å². The molecule has 0 aliphatic carbocycles. The molecule has 0 spiro atoms. The minimum absolute atomic E-state index is 0.0669. The fourth-order valence-corrected chi connectivity index (χ4v) is 3.78. The molecule has 0 aliphatic heterocycles. The molecule has 27 heavy (non-hydrogen) atoms. The van der Waals surface area contributed by atoms with Crippen LogP contribution in [0.2, 0.25) is 0 Å². The molecule has 2 rings (SSSR count). The van der Waals surface area contributed by atoms with E-state index >= 15 is 0 Å². The van der Waals surface area contributed by atoms with E-state index in [0.29, 0.717) is 16.7 Å². The smallest absolute Gasteiger partial charge is 0.253 e. The van der Waals surface area contributed by atoms with Gasteiger partial charge in [-0.15, -0.1) is 0 Å². The fraction of sp³-hybridized carbons (Fsp3) is 0.316. The maximum atomic E-state index is 13.8. The second-order valence-corrected chi connectivity index (χ2v) is 8.11. The summed E-state index contributed by atoms with van der Waals surface area (Å²) >= 11 is 0. The number of sulfonamides is 1. The van der Waals surface area contributed by atoms with Crippen molar-refractivity contribution in [1.82, 2.24) is 9.62 Å². The van der Waals surface area contributed by atoms with Crippen molar-refractivity contribution in [3.8, 4) is 5.75 Å². The van der Waals surface area contributed by atoms with Gasteiger partial charge in [0.2, 0.25) is 10.0 Å². The van der Waals surface area contributed by atoms with E-state index in [0.717, 1.165) is 0 Å². The van der Waals surface area contributed by atoms with Crippen LogP contribution in [-0.2, 0) is 16.6 Å². The van der Waals surface area contributed by atoms with Crippen LogP contribution in [0.5, 0.6) is 5.75 Å². The van der Waals surface area contributed by atoms with Crippen molar-refractivity contribution in [1.29, 1.82) is 0 Å². The lowest BCUT2D eigenvalue weighted by Crippen LogP contribution is -2.27. The van der Waals surface area contributed by atoms with Gasteiger partial charge in [0.05, 0.1) is 12.0 Å². The molecule has 0 radical (unpaired) electrons. The third-order valence-electron chi connectivity index (χ3n) is 4.41. The average Bonchev–Trinajstić information content (AvgIpc) is 2.63. The molecular weight excluding hydrogens is 371 g/mol. The normalized spacial score (nSPS) is 11.3. The maximum Gasteiger partial charge on any atom is 0.253 e. The van der Waals surface area contributed by atoms with E-state index in [4.69, 9.17) is 4.74 Å². The number of benzene rings is 2. The number of carbonyl (C=O) groups is 1. The first-order valence-corrected chi connectivity index (χ1v) is 9.71. The van der Waals surface area contributed by atoms with Gasteiger partial charge < -0.3 is 9.64 Å². The summed E-state index contributed by atoms with van der Waals surface area (Å²) in [6, 6.07) is 7.48. The van der Waals surface area contributed by atoms with Crippen LogP contribution in [0, 0.1) is 19.7 Å². The van der Waals surface area contributed by atoms with Crippen molar-refractivity contribution < 1.29 is 22.3 Å². The van der Waals surface area contributed by atoms with Gasteiger partial charge in [-0.2, -0.15) is 0 Å². The van der Waals surface area contributed by atoms with Gasteiger partial charge in [0.15, 0.2) is 11.6 Å². The van der Waals surface area contributed by atoms with Crippen molar-refractivity contribution in [2.75, 3.05) is 21.2 Å². The Balaban J connectivity index is 2.33. The van der Waals surface area contributed by atoms with Gasteiger partial charge >= 0.3 is 0 Å². The number of rotatable bonds is 6. The molecule has 0 fully saturated rings. The van der Waals surface area contributed by atoms with Gasteiger partial charge in [0.25, 0.3) is 5.91 Å². The van der Waals surface area contributed by atoms with Gasteiger partial charge in [-0.05, 0) is 61.9 Å². The zero-order valence-electron chi connectivity index (χ0n) is 16.0. The van der Waals surface area contributed by atoms with Crippen LogP contribution in [0.3, 0.4) is 0 Å². The summed E-state index contributed by atoms with van der Waals surface area (Å²) < 4.78 is 45.4. The monoisotopic (exact) mass is 394 g/mol. The lowest BCUT2D eigenvalue weighted by Gasteiger charge is -2.19. The van der Waals surface area contributed by atoms with E-state index in [1.165, 1.54) is 37.3 Å². The van der Waals surface area contributed by atoms with Gasteiger partial charge in [0.1, 0.15) is 0 Å². The molecule has 8 heteroatoms. The number of methoxy groups -OCH3 is 1. The van der Waals surface area contributed by atoms with E-state index in [2.05, 4.69) is 4.72 Å². The molecule has 2 aromatic rings. The third kappa shape index (κ3) is 4.45. The zero-order valence-corrected chi connectivity index (χ0v) is 16.8. The Morgan fingerprint density at radius 1 is 1.22 bits per heavy atom. The number of halogens is 1. The number of nitrogens with one attached hydrogen (secondary N) is 1. The van der Waals surface area contributed by atoms with Crippen LogP contribution in [0.15, 0.2) is 35.2 Å². The predicted octanol–water partition coefficient (Wildman–Crippen LogP) is 2.63. The number of ether oxygens (including phenoxy) is 1. The molecule has 0 atom stereocenters. The number of carbonyl (C=O) groups excluding carboxylic acids is 1. The molecule has 1 amide bonds. The number of nitrogens with zero attached hydrogens (tertiary/aromatic N) is 1. The molecule has 0 heterocycles. The summed E-state index contributed by atoms with van der Waals surface area (Å²) in [5.74, 6) is -0.741. The van der Waals surface area contributed by atoms with Crippen LogP contribution < -0.4 is 9.46 Å². The van der Waals surface area contributed by atoms with Gasteiger partial charge in [-0.3, -0.25) is 4.79 Å². The van der Waals surface area contributed by atoms with Crippen molar-refractivity contribution in [3.05, 3.63) is 58.4 Å². The van der Waals surface area contributed by atoms with Crippen LogP contribution in [0.25, 0.3) is 0 Å². The average molecular weight is 394 g/mol. The topological polar surface area (TPSA) is 75.7 Å². The summed E-state index contributed by atoms with van der Waals surface area (Å²) in [5, 5.41) is 0. The molecular formula is C19H23FN2O4S. The molecule has 146 valence electrons. The van der Waals surface area contributed by atoms with Crippen molar-refractivity contribution in [3.63, 3.8) is 0 Å². The third-order valence-corrected chi connectivity index (χ3v) is 5.95. The summed E-state index contributed by atoms with van der Waals surface area (Å²) in [5.41, 5.74) is 2.12. The minimum atomic E-state index is -3.69. The molecule has 0 bridgehead atoms. The Labute approximate surface area is 159 Å². The van der Waals surface area contributed by atoms with Crippen LogP contribution in [0.4, 0.5) is 4.39 Å². The van der Waals surface area contributed by atoms with Crippen LogP contribution in [-0.4, -0.2) is 40.4 Å². The second-order valence-electron chi connectivity index (χ2n) is 6.25. The molecule has 1 N–H and O–H groups in total. The number of aryl methyl sites for hydroxylation is 1. The summed E-state index contributed by atoms with van der Waals surface area (Å²) in [6.07, 6.45) is 0. The minimum Gasteiger partial charge on any atom is -0.494 e. The van der Waals surface area contributed by atoms with Crippen molar-refractivity contribution >= 4 is 15.9 Å². The fourth-order valence-electron chi connectivity index (χ4n) is 2.71. The molecule has 6 nitrogen and oxygen atoms in total. The number of amides is 1. The van der Waals surface area contributed by atoms with Gasteiger partial charge in [-0.25, -0.2) is 17.5 Å². The summed E-state index contributed by atoms with van der Waals surface area (Å²) in [6.45, 7) is 3.61. The second kappa shape index (κ2) is 8.06. The highest BCUT2D eigenvalue weighted by molar-refractivity contribution is 7.89. The zero-order chi connectivity index (χ0) is 20.4. The van der Waals surface area contributed by atoms with Crippen LogP contribution in [0.1, 0.15) is 27.0 Å². The molecule has 0 aromatic heterocycles. The molecule has 0 saturated carbocycles. The maximum absolute atomic E-state index is 13.8.